The molecule has 0 saturated heterocycles. The van der Waals surface area contributed by atoms with Gasteiger partial charge in [0.2, 0.25) is 0 Å². The Labute approximate surface area is 121 Å². The molecular weight excluding hydrogens is 261 g/mol. The molecule has 2 atom stereocenters. The zero-order valence-electron chi connectivity index (χ0n) is 12.3. The molecular formula is C16H25ClFN. The second-order valence-corrected chi connectivity index (χ2v) is 7.23. The molecule has 0 fully saturated rings. The minimum absolute atomic E-state index is 0.0962. The van der Waals surface area contributed by atoms with E-state index in [1.807, 2.05) is 0 Å². The molecule has 3 heteroatoms. The van der Waals surface area contributed by atoms with E-state index >= 15 is 0 Å². The Kier molecular flexibility index (Phi) is 5.82. The molecule has 0 aliphatic heterocycles. The maximum atomic E-state index is 13.1. The Morgan fingerprint density at radius 2 is 1.95 bits per heavy atom. The third kappa shape index (κ3) is 6.40. The second kappa shape index (κ2) is 6.71. The summed E-state index contributed by atoms with van der Waals surface area (Å²) in [4.78, 5) is 0. The van der Waals surface area contributed by atoms with E-state index in [-0.39, 0.29) is 16.9 Å². The number of benzene rings is 1. The molecule has 0 aliphatic rings. The fourth-order valence-electron chi connectivity index (χ4n) is 2.70. The van der Waals surface area contributed by atoms with Crippen molar-refractivity contribution >= 4 is 11.6 Å². The van der Waals surface area contributed by atoms with Crippen LogP contribution in [-0.2, 0) is 6.42 Å². The number of halogens is 2. The van der Waals surface area contributed by atoms with Gasteiger partial charge in [-0.05, 0) is 48.3 Å². The van der Waals surface area contributed by atoms with Crippen LogP contribution < -0.4 is 5.73 Å². The van der Waals surface area contributed by atoms with Crippen molar-refractivity contribution < 1.29 is 4.39 Å². The summed E-state index contributed by atoms with van der Waals surface area (Å²) in [5.74, 6) is 0.214. The molecule has 19 heavy (non-hydrogen) atoms. The molecule has 1 aromatic rings. The van der Waals surface area contributed by atoms with Crippen LogP contribution in [0.25, 0.3) is 0 Å². The SMILES string of the molecule is CC(CC(N)Cc1ccc(F)c(Cl)c1)CC(C)(C)C. The summed E-state index contributed by atoms with van der Waals surface area (Å²) in [5.41, 5.74) is 7.51. The van der Waals surface area contributed by atoms with Gasteiger partial charge in [-0.3, -0.25) is 0 Å². The van der Waals surface area contributed by atoms with E-state index in [1.165, 1.54) is 6.07 Å². The Bertz CT molecular complexity index is 412. The van der Waals surface area contributed by atoms with Crippen LogP contribution in [-0.4, -0.2) is 6.04 Å². The fraction of sp³-hybridized carbons (Fsp3) is 0.625. The second-order valence-electron chi connectivity index (χ2n) is 6.82. The van der Waals surface area contributed by atoms with E-state index in [9.17, 15) is 4.39 Å². The lowest BCUT2D eigenvalue weighted by molar-refractivity contribution is 0.285. The van der Waals surface area contributed by atoms with Gasteiger partial charge in [-0.2, -0.15) is 0 Å². The predicted molar refractivity (Wildman–Crippen MR) is 80.9 cm³/mol. The van der Waals surface area contributed by atoms with Crippen molar-refractivity contribution in [3.05, 3.63) is 34.6 Å². The Hall–Kier alpha value is -0.600. The zero-order valence-corrected chi connectivity index (χ0v) is 13.1. The van der Waals surface area contributed by atoms with Crippen LogP contribution in [0.5, 0.6) is 0 Å². The summed E-state index contributed by atoms with van der Waals surface area (Å²) in [6, 6.07) is 4.93. The summed E-state index contributed by atoms with van der Waals surface area (Å²) < 4.78 is 13.1. The standard InChI is InChI=1S/C16H25ClFN/c1-11(10-16(2,3)4)7-13(19)8-12-5-6-15(18)14(17)9-12/h5-6,9,11,13H,7-8,10,19H2,1-4H3. The fourth-order valence-corrected chi connectivity index (χ4v) is 2.90. The molecule has 108 valence electrons. The summed E-state index contributed by atoms with van der Waals surface area (Å²) >= 11 is 5.77. The van der Waals surface area contributed by atoms with Crippen LogP contribution in [0.3, 0.4) is 0 Å². The normalized spacial score (nSPS) is 15.3. The van der Waals surface area contributed by atoms with E-state index in [1.54, 1.807) is 12.1 Å². The highest BCUT2D eigenvalue weighted by Gasteiger charge is 2.17. The molecule has 2 unspecified atom stereocenters. The van der Waals surface area contributed by atoms with Crippen LogP contribution in [0.15, 0.2) is 18.2 Å². The number of rotatable bonds is 5. The van der Waals surface area contributed by atoms with E-state index < -0.39 is 0 Å². The number of hydrogen-bond acceptors (Lipinski definition) is 1. The highest BCUT2D eigenvalue weighted by molar-refractivity contribution is 6.30. The maximum Gasteiger partial charge on any atom is 0.141 e. The molecule has 0 radical (unpaired) electrons. The summed E-state index contributed by atoms with van der Waals surface area (Å²) in [6.45, 7) is 8.97. The highest BCUT2D eigenvalue weighted by atomic mass is 35.5. The van der Waals surface area contributed by atoms with Gasteiger partial charge in [0, 0.05) is 6.04 Å². The van der Waals surface area contributed by atoms with Gasteiger partial charge in [0.15, 0.2) is 0 Å². The summed E-state index contributed by atoms with van der Waals surface area (Å²) in [7, 11) is 0. The molecule has 0 amide bonds. The molecule has 1 aromatic carbocycles. The van der Waals surface area contributed by atoms with E-state index in [0.29, 0.717) is 11.3 Å². The Balaban J connectivity index is 2.50. The first-order chi connectivity index (χ1) is 8.67. The van der Waals surface area contributed by atoms with Crippen LogP contribution in [0.2, 0.25) is 5.02 Å². The molecule has 0 aliphatic carbocycles. The highest BCUT2D eigenvalue weighted by Crippen LogP contribution is 2.27. The van der Waals surface area contributed by atoms with Crippen molar-refractivity contribution in [2.75, 3.05) is 0 Å². The lowest BCUT2D eigenvalue weighted by Crippen LogP contribution is -2.26. The quantitative estimate of drug-likeness (QED) is 0.825. The molecule has 0 aromatic heterocycles. The van der Waals surface area contributed by atoms with Crippen molar-refractivity contribution in [2.45, 2.75) is 53.0 Å². The van der Waals surface area contributed by atoms with Gasteiger partial charge >= 0.3 is 0 Å². The van der Waals surface area contributed by atoms with Crippen LogP contribution in [0.1, 0.15) is 46.1 Å². The van der Waals surface area contributed by atoms with Crippen molar-refractivity contribution in [1.29, 1.82) is 0 Å². The van der Waals surface area contributed by atoms with Crippen molar-refractivity contribution in [3.63, 3.8) is 0 Å². The molecule has 1 nitrogen and oxygen atoms in total. The number of nitrogens with two attached hydrogens (primary N) is 1. The lowest BCUT2D eigenvalue weighted by atomic mass is 9.82. The topological polar surface area (TPSA) is 26.0 Å². The summed E-state index contributed by atoms with van der Waals surface area (Å²) in [5, 5.41) is 0.174. The predicted octanol–water partition coefficient (Wildman–Crippen LogP) is 4.81. The molecule has 1 rings (SSSR count). The molecule has 0 bridgehead atoms. The molecule has 0 saturated carbocycles. The molecule has 0 spiro atoms. The largest absolute Gasteiger partial charge is 0.327 e. The number of hydrogen-bond donors (Lipinski definition) is 1. The average molecular weight is 286 g/mol. The van der Waals surface area contributed by atoms with Crippen molar-refractivity contribution in [3.8, 4) is 0 Å². The third-order valence-electron chi connectivity index (χ3n) is 3.15. The first-order valence-electron chi connectivity index (χ1n) is 6.87. The monoisotopic (exact) mass is 285 g/mol. The minimum Gasteiger partial charge on any atom is -0.327 e. The van der Waals surface area contributed by atoms with Crippen molar-refractivity contribution in [1.82, 2.24) is 0 Å². The van der Waals surface area contributed by atoms with E-state index in [0.717, 1.165) is 24.8 Å². The maximum absolute atomic E-state index is 13.1. The average Bonchev–Trinajstić information content (AvgIpc) is 2.20. The van der Waals surface area contributed by atoms with Gasteiger partial charge in [-0.15, -0.1) is 0 Å². The lowest BCUT2D eigenvalue weighted by Gasteiger charge is -2.25. The smallest absolute Gasteiger partial charge is 0.141 e. The van der Waals surface area contributed by atoms with Gasteiger partial charge in [-0.25, -0.2) is 4.39 Å². The van der Waals surface area contributed by atoms with Gasteiger partial charge in [-0.1, -0.05) is 45.4 Å². The van der Waals surface area contributed by atoms with Gasteiger partial charge in [0.05, 0.1) is 5.02 Å². The van der Waals surface area contributed by atoms with Crippen LogP contribution >= 0.6 is 11.6 Å². The minimum atomic E-state index is -0.375. The van der Waals surface area contributed by atoms with Crippen molar-refractivity contribution in [2.24, 2.45) is 17.1 Å². The Morgan fingerprint density at radius 1 is 1.32 bits per heavy atom. The zero-order chi connectivity index (χ0) is 14.6. The van der Waals surface area contributed by atoms with E-state index in [4.69, 9.17) is 17.3 Å². The molecule has 0 heterocycles. The first kappa shape index (κ1) is 16.5. The van der Waals surface area contributed by atoms with Crippen LogP contribution in [0.4, 0.5) is 4.39 Å². The molecule has 2 N–H and O–H groups in total. The summed E-state index contributed by atoms with van der Waals surface area (Å²) in [6.07, 6.45) is 2.88. The van der Waals surface area contributed by atoms with E-state index in [2.05, 4.69) is 27.7 Å². The third-order valence-corrected chi connectivity index (χ3v) is 3.44. The van der Waals surface area contributed by atoms with Gasteiger partial charge in [0.1, 0.15) is 5.82 Å². The first-order valence-corrected chi connectivity index (χ1v) is 7.24. The Morgan fingerprint density at radius 3 is 2.47 bits per heavy atom. The van der Waals surface area contributed by atoms with Gasteiger partial charge in [0.25, 0.3) is 0 Å². The van der Waals surface area contributed by atoms with Gasteiger partial charge < -0.3 is 5.73 Å². The van der Waals surface area contributed by atoms with Crippen LogP contribution in [0, 0.1) is 17.2 Å².